The Labute approximate surface area is 144 Å². The van der Waals surface area contributed by atoms with Gasteiger partial charge in [-0.3, -0.25) is 4.79 Å². The average Bonchev–Trinajstić information content (AvgIpc) is 3.00. The summed E-state index contributed by atoms with van der Waals surface area (Å²) in [6.45, 7) is 6.17. The van der Waals surface area contributed by atoms with Crippen LogP contribution in [-0.2, 0) is 4.79 Å². The van der Waals surface area contributed by atoms with Crippen LogP contribution in [0.2, 0.25) is 5.02 Å². The molecule has 0 radical (unpaired) electrons. The number of benzene rings is 1. The Morgan fingerprint density at radius 2 is 1.91 bits per heavy atom. The minimum atomic E-state index is -0.380. The maximum atomic E-state index is 12.8. The zero-order valence-electron chi connectivity index (χ0n) is 13.3. The van der Waals surface area contributed by atoms with E-state index in [1.54, 1.807) is 0 Å². The van der Waals surface area contributed by atoms with Crippen molar-refractivity contribution < 1.29 is 4.79 Å². The van der Waals surface area contributed by atoms with Gasteiger partial charge >= 0.3 is 0 Å². The highest BCUT2D eigenvalue weighted by Crippen LogP contribution is 2.33. The Hall–Kier alpha value is -0.770. The summed E-state index contributed by atoms with van der Waals surface area (Å²) in [7, 11) is 0. The number of likely N-dealkylation sites (tertiary alicyclic amines) is 1. The lowest BCUT2D eigenvalue weighted by molar-refractivity contribution is -0.141. The van der Waals surface area contributed by atoms with Crippen molar-refractivity contribution in [2.24, 2.45) is 11.1 Å². The van der Waals surface area contributed by atoms with Crippen LogP contribution in [0.15, 0.2) is 24.3 Å². The quantitative estimate of drug-likeness (QED) is 0.881. The number of nitrogens with zero attached hydrogens (tertiary/aromatic N) is 1. The number of carbonyl (C=O) groups is 1. The molecule has 1 aromatic carbocycles. The van der Waals surface area contributed by atoms with Crippen molar-refractivity contribution in [3.63, 3.8) is 0 Å². The molecule has 0 aromatic heterocycles. The van der Waals surface area contributed by atoms with Crippen LogP contribution in [0.3, 0.4) is 0 Å². The number of hydrogen-bond donors (Lipinski definition) is 1. The van der Waals surface area contributed by atoms with E-state index in [0.717, 1.165) is 37.4 Å². The van der Waals surface area contributed by atoms with E-state index < -0.39 is 0 Å². The second-order valence-electron chi connectivity index (χ2n) is 5.98. The van der Waals surface area contributed by atoms with Gasteiger partial charge in [0.1, 0.15) is 0 Å². The zero-order chi connectivity index (χ0) is 15.5. The predicted molar refractivity (Wildman–Crippen MR) is 94.7 cm³/mol. The molecule has 0 aliphatic carbocycles. The van der Waals surface area contributed by atoms with Gasteiger partial charge in [0.2, 0.25) is 5.91 Å². The maximum absolute atomic E-state index is 12.8. The van der Waals surface area contributed by atoms with Crippen LogP contribution in [0.5, 0.6) is 0 Å². The molecule has 5 heteroatoms. The van der Waals surface area contributed by atoms with Gasteiger partial charge in [0.05, 0.1) is 5.41 Å². The molecule has 1 atom stereocenters. The minimum absolute atomic E-state index is 0. The predicted octanol–water partition coefficient (Wildman–Crippen LogP) is 3.84. The first-order valence-electron chi connectivity index (χ1n) is 7.81. The van der Waals surface area contributed by atoms with Gasteiger partial charge < -0.3 is 10.6 Å². The number of amides is 1. The molecule has 124 valence electrons. The topological polar surface area (TPSA) is 46.3 Å². The molecule has 22 heavy (non-hydrogen) atoms. The highest BCUT2D eigenvalue weighted by atomic mass is 35.5. The van der Waals surface area contributed by atoms with Crippen LogP contribution in [0.25, 0.3) is 0 Å². The summed E-state index contributed by atoms with van der Waals surface area (Å²) >= 11 is 5.94. The first kappa shape index (κ1) is 19.3. The van der Waals surface area contributed by atoms with Gasteiger partial charge in [-0.2, -0.15) is 0 Å². The van der Waals surface area contributed by atoms with Gasteiger partial charge in [0.25, 0.3) is 0 Å². The van der Waals surface area contributed by atoms with E-state index in [1.807, 2.05) is 17.0 Å². The molecule has 2 N–H and O–H groups in total. The lowest BCUT2D eigenvalue weighted by Crippen LogP contribution is -2.46. The van der Waals surface area contributed by atoms with E-state index in [1.165, 1.54) is 5.56 Å². The van der Waals surface area contributed by atoms with E-state index in [2.05, 4.69) is 26.0 Å². The molecule has 0 bridgehead atoms. The van der Waals surface area contributed by atoms with Crippen molar-refractivity contribution in [3.05, 3.63) is 34.9 Å². The summed E-state index contributed by atoms with van der Waals surface area (Å²) in [5.41, 5.74) is 6.78. The number of nitrogens with two attached hydrogens (primary N) is 1. The Morgan fingerprint density at radius 3 is 2.41 bits per heavy atom. The van der Waals surface area contributed by atoms with Gasteiger partial charge in [-0.25, -0.2) is 0 Å². The van der Waals surface area contributed by atoms with Crippen molar-refractivity contribution in [2.75, 3.05) is 19.6 Å². The first-order chi connectivity index (χ1) is 10.1. The highest BCUT2D eigenvalue weighted by molar-refractivity contribution is 6.30. The standard InChI is InChI=1S/C17H25ClN2O.ClH/c1-3-17(4-2,12-19)16(21)20-10-9-14(11-20)13-5-7-15(18)8-6-13;/h5-8,14H,3-4,9-12,19H2,1-2H3;1H. The minimum Gasteiger partial charge on any atom is -0.342 e. The summed E-state index contributed by atoms with van der Waals surface area (Å²) < 4.78 is 0. The first-order valence-corrected chi connectivity index (χ1v) is 8.19. The second-order valence-corrected chi connectivity index (χ2v) is 6.42. The third-order valence-corrected chi connectivity index (χ3v) is 5.27. The molecule has 1 unspecified atom stereocenters. The molecule has 1 aliphatic rings. The van der Waals surface area contributed by atoms with Gasteiger partial charge in [0, 0.05) is 30.6 Å². The number of carbonyl (C=O) groups excluding carboxylic acids is 1. The summed E-state index contributed by atoms with van der Waals surface area (Å²) in [5.74, 6) is 0.641. The molecule has 3 nitrogen and oxygen atoms in total. The van der Waals surface area contributed by atoms with Crippen molar-refractivity contribution in [1.29, 1.82) is 0 Å². The van der Waals surface area contributed by atoms with Gasteiger partial charge in [-0.05, 0) is 37.0 Å². The van der Waals surface area contributed by atoms with Crippen LogP contribution in [0.1, 0.15) is 44.6 Å². The highest BCUT2D eigenvalue weighted by Gasteiger charge is 2.39. The van der Waals surface area contributed by atoms with Crippen molar-refractivity contribution in [1.82, 2.24) is 4.90 Å². The van der Waals surface area contributed by atoms with Crippen molar-refractivity contribution in [2.45, 2.75) is 39.0 Å². The van der Waals surface area contributed by atoms with Gasteiger partial charge in [0.15, 0.2) is 0 Å². The molecule has 2 rings (SSSR count). The van der Waals surface area contributed by atoms with E-state index >= 15 is 0 Å². The van der Waals surface area contributed by atoms with E-state index in [-0.39, 0.29) is 23.7 Å². The van der Waals surface area contributed by atoms with Crippen molar-refractivity contribution in [3.8, 4) is 0 Å². The average molecular weight is 345 g/mol. The molecular formula is C17H26Cl2N2O. The maximum Gasteiger partial charge on any atom is 0.230 e. The molecule has 1 fully saturated rings. The van der Waals surface area contributed by atoms with E-state index in [9.17, 15) is 4.79 Å². The fourth-order valence-electron chi connectivity index (χ4n) is 3.22. The number of rotatable bonds is 5. The summed E-state index contributed by atoms with van der Waals surface area (Å²) in [5, 5.41) is 0.754. The number of hydrogen-bond acceptors (Lipinski definition) is 2. The molecule has 1 amide bonds. The fraction of sp³-hybridized carbons (Fsp3) is 0.588. The van der Waals surface area contributed by atoms with Crippen LogP contribution >= 0.6 is 24.0 Å². The Kier molecular flexibility index (Phi) is 7.17. The normalized spacial score (nSPS) is 18.2. The third-order valence-electron chi connectivity index (χ3n) is 5.01. The molecule has 0 saturated carbocycles. The Bertz CT molecular complexity index is 478. The molecule has 1 heterocycles. The van der Waals surface area contributed by atoms with Gasteiger partial charge in [-0.15, -0.1) is 12.4 Å². The van der Waals surface area contributed by atoms with E-state index in [4.69, 9.17) is 17.3 Å². The summed E-state index contributed by atoms with van der Waals surface area (Å²) in [6.07, 6.45) is 2.63. The number of halogens is 2. The molecular weight excluding hydrogens is 319 g/mol. The largest absolute Gasteiger partial charge is 0.342 e. The Balaban J connectivity index is 0.00000242. The Morgan fingerprint density at radius 1 is 1.32 bits per heavy atom. The second kappa shape index (κ2) is 8.19. The third kappa shape index (κ3) is 3.76. The molecule has 1 saturated heterocycles. The van der Waals surface area contributed by atoms with E-state index in [0.29, 0.717) is 12.5 Å². The summed E-state index contributed by atoms with van der Waals surface area (Å²) in [4.78, 5) is 14.8. The monoisotopic (exact) mass is 344 g/mol. The lowest BCUT2D eigenvalue weighted by atomic mass is 9.81. The smallest absolute Gasteiger partial charge is 0.230 e. The van der Waals surface area contributed by atoms with Crippen LogP contribution in [-0.4, -0.2) is 30.4 Å². The van der Waals surface area contributed by atoms with Crippen molar-refractivity contribution >= 4 is 29.9 Å². The lowest BCUT2D eigenvalue weighted by Gasteiger charge is -2.33. The van der Waals surface area contributed by atoms with Crippen LogP contribution in [0, 0.1) is 5.41 Å². The van der Waals surface area contributed by atoms with Crippen LogP contribution in [0.4, 0.5) is 0 Å². The SMILES string of the molecule is CCC(CC)(CN)C(=O)N1CCC(c2ccc(Cl)cc2)C1.Cl. The summed E-state index contributed by atoms with van der Waals surface area (Å²) in [6, 6.07) is 7.97. The van der Waals surface area contributed by atoms with Gasteiger partial charge in [-0.1, -0.05) is 37.6 Å². The fourth-order valence-corrected chi connectivity index (χ4v) is 3.34. The molecule has 1 aliphatic heterocycles. The molecule has 1 aromatic rings. The molecule has 0 spiro atoms. The van der Waals surface area contributed by atoms with Crippen LogP contribution < -0.4 is 5.73 Å². The zero-order valence-corrected chi connectivity index (χ0v) is 14.9.